The lowest BCUT2D eigenvalue weighted by molar-refractivity contribution is -0.385. The van der Waals surface area contributed by atoms with Gasteiger partial charge in [-0.1, -0.05) is 56.0 Å². The standard InChI is InChI=1S/C24H25N3O7S.C19H16N2O6S.CH4/c1-24(2,3)25-23(28)26-35(31,32)22-15-18(27(29)30)10-13-21(22)34-20-7-5-6-17(14-20)16-8-11-19(33-4)12-9-16;1-26-16-8-5-13(6-9-16)14-3-2-4-17(11-14)27-18-10-7-15(21(22)23)12-19(18)28(20,24)25;/h5-15H,1-4H3,(H2,25,26,28);2-12H,1H3,(H2,20,24,25);1H4. The maximum Gasteiger partial charge on any atom is 0.329 e. The fourth-order valence-electron chi connectivity index (χ4n) is 5.66. The number of nitrogens with zero attached hydrogens (tertiary/aromatic N) is 2. The predicted octanol–water partition coefficient (Wildman–Crippen LogP) is 9.20. The van der Waals surface area contributed by atoms with E-state index in [0.29, 0.717) is 17.2 Å². The van der Waals surface area contributed by atoms with Crippen molar-refractivity contribution in [2.24, 2.45) is 5.14 Å². The summed E-state index contributed by atoms with van der Waals surface area (Å²) >= 11 is 0. The number of nitrogens with one attached hydrogen (secondary N) is 2. The van der Waals surface area contributed by atoms with Crippen LogP contribution in [0.3, 0.4) is 0 Å². The fourth-order valence-corrected chi connectivity index (χ4v) is 7.39. The van der Waals surface area contributed by atoms with Gasteiger partial charge in [0.2, 0.25) is 10.0 Å². The number of methoxy groups -OCH3 is 2. The van der Waals surface area contributed by atoms with Crippen LogP contribution in [0, 0.1) is 20.2 Å². The van der Waals surface area contributed by atoms with Gasteiger partial charge in [0.05, 0.1) is 24.1 Å². The van der Waals surface area contributed by atoms with E-state index in [9.17, 15) is 41.9 Å². The van der Waals surface area contributed by atoms with E-state index in [-0.39, 0.29) is 18.9 Å². The van der Waals surface area contributed by atoms with E-state index in [1.165, 1.54) is 12.1 Å². The van der Waals surface area contributed by atoms with E-state index in [0.717, 1.165) is 52.3 Å². The predicted molar refractivity (Wildman–Crippen MR) is 240 cm³/mol. The van der Waals surface area contributed by atoms with Crippen molar-refractivity contribution in [3.05, 3.63) is 154 Å². The number of urea groups is 1. The van der Waals surface area contributed by atoms with Gasteiger partial charge >= 0.3 is 6.03 Å². The third kappa shape index (κ3) is 13.2. The molecule has 0 radical (unpaired) electrons. The molecule has 0 atom stereocenters. The second kappa shape index (κ2) is 20.5. The van der Waals surface area contributed by atoms with Gasteiger partial charge in [0.1, 0.15) is 44.3 Å². The summed E-state index contributed by atoms with van der Waals surface area (Å²) in [6.45, 7) is 5.03. The van der Waals surface area contributed by atoms with E-state index < -0.39 is 62.6 Å². The van der Waals surface area contributed by atoms with Crippen LogP contribution in [0.15, 0.2) is 143 Å². The Morgan fingerprint density at radius 2 is 0.984 bits per heavy atom. The van der Waals surface area contributed by atoms with E-state index in [4.69, 9.17) is 24.1 Å². The highest BCUT2D eigenvalue weighted by molar-refractivity contribution is 7.90. The molecule has 0 aromatic heterocycles. The van der Waals surface area contributed by atoms with Crippen molar-refractivity contribution in [1.82, 2.24) is 10.0 Å². The van der Waals surface area contributed by atoms with Gasteiger partial charge in [0, 0.05) is 29.8 Å². The quantitative estimate of drug-likeness (QED) is 0.0722. The fraction of sp³-hybridized carbons (Fsp3) is 0.159. The Kier molecular flexibility index (Phi) is 15.8. The molecule has 0 fully saturated rings. The van der Waals surface area contributed by atoms with Gasteiger partial charge in [0.25, 0.3) is 21.4 Å². The van der Waals surface area contributed by atoms with Crippen LogP contribution >= 0.6 is 0 Å². The SMILES string of the molecule is C.COc1ccc(-c2cccc(Oc3ccc([N+](=O)[O-])cc3S(=O)(=O)NC(=O)NC(C)(C)C)c2)cc1.COc1ccc(-c2cccc(Oc3ccc([N+](=O)[O-])cc3S(N)(=O)=O)c2)cc1. The lowest BCUT2D eigenvalue weighted by Crippen LogP contribution is -2.48. The minimum Gasteiger partial charge on any atom is -0.497 e. The first-order chi connectivity index (χ1) is 29.6. The molecule has 0 unspecified atom stereocenters. The summed E-state index contributed by atoms with van der Waals surface area (Å²) < 4.78 is 73.3. The van der Waals surface area contributed by atoms with Crippen molar-refractivity contribution >= 4 is 37.5 Å². The number of carbonyl (C=O) groups excluding carboxylic acids is 1. The summed E-state index contributed by atoms with van der Waals surface area (Å²) in [5.41, 5.74) is 1.82. The molecule has 0 bridgehead atoms. The van der Waals surface area contributed by atoms with E-state index >= 15 is 0 Å². The van der Waals surface area contributed by atoms with Crippen LogP contribution < -0.4 is 34.1 Å². The highest BCUT2D eigenvalue weighted by Gasteiger charge is 2.27. The average Bonchev–Trinajstić information content (AvgIpc) is 3.23. The Hall–Kier alpha value is -7.55. The van der Waals surface area contributed by atoms with Gasteiger partial charge in [-0.25, -0.2) is 31.5 Å². The van der Waals surface area contributed by atoms with Gasteiger partial charge < -0.3 is 24.3 Å². The maximum absolute atomic E-state index is 13.0. The molecule has 0 saturated carbocycles. The second-order valence-corrected chi connectivity index (χ2v) is 17.5. The number of rotatable bonds is 13. The summed E-state index contributed by atoms with van der Waals surface area (Å²) in [4.78, 5) is 31.9. The van der Waals surface area contributed by atoms with Crippen LogP contribution in [0.2, 0.25) is 0 Å². The molecule has 6 rings (SSSR count). The molecule has 4 N–H and O–H groups in total. The van der Waals surface area contributed by atoms with E-state index in [2.05, 4.69) is 5.32 Å². The van der Waals surface area contributed by atoms with Gasteiger partial charge in [-0.3, -0.25) is 20.2 Å². The van der Waals surface area contributed by atoms with Crippen molar-refractivity contribution in [2.45, 2.75) is 43.5 Å². The van der Waals surface area contributed by atoms with Crippen LogP contribution in [-0.4, -0.2) is 52.5 Å². The molecule has 2 amide bonds. The van der Waals surface area contributed by atoms with Crippen LogP contribution in [0.4, 0.5) is 16.2 Å². The third-order valence-corrected chi connectivity index (χ3v) is 10.8. The zero-order valence-electron chi connectivity index (χ0n) is 34.3. The average molecular weight is 916 g/mol. The van der Waals surface area contributed by atoms with E-state index in [1.807, 2.05) is 53.3 Å². The summed E-state index contributed by atoms with van der Waals surface area (Å²) in [5.74, 6) is 1.79. The van der Waals surface area contributed by atoms with Crippen molar-refractivity contribution < 1.29 is 50.4 Å². The van der Waals surface area contributed by atoms with Crippen LogP contribution in [0.5, 0.6) is 34.5 Å². The van der Waals surface area contributed by atoms with Crippen molar-refractivity contribution in [1.29, 1.82) is 0 Å². The monoisotopic (exact) mass is 915 g/mol. The number of hydrogen-bond donors (Lipinski definition) is 3. The minimum atomic E-state index is -4.51. The smallest absolute Gasteiger partial charge is 0.329 e. The molecular weight excluding hydrogens is 871 g/mol. The normalized spacial score (nSPS) is 11.1. The largest absolute Gasteiger partial charge is 0.497 e. The summed E-state index contributed by atoms with van der Waals surface area (Å²) in [7, 11) is -5.59. The van der Waals surface area contributed by atoms with Gasteiger partial charge in [-0.2, -0.15) is 0 Å². The number of nitrogens with two attached hydrogens (primary N) is 1. The molecule has 0 aliphatic heterocycles. The molecule has 0 saturated heterocycles. The Bertz CT molecular complexity index is 2870. The Labute approximate surface area is 370 Å². The molecule has 18 nitrogen and oxygen atoms in total. The van der Waals surface area contributed by atoms with Gasteiger partial charge in [-0.05, 0) is 104 Å². The molecule has 6 aromatic rings. The van der Waals surface area contributed by atoms with Crippen LogP contribution in [0.1, 0.15) is 28.2 Å². The molecule has 64 heavy (non-hydrogen) atoms. The number of ether oxygens (including phenoxy) is 4. The second-order valence-electron chi connectivity index (χ2n) is 14.3. The molecule has 336 valence electrons. The molecule has 0 aliphatic carbocycles. The summed E-state index contributed by atoms with van der Waals surface area (Å²) in [5, 5.41) is 29.8. The molecular formula is C44H45N5O13S2. The first-order valence-corrected chi connectivity index (χ1v) is 21.5. The number of primary sulfonamides is 1. The number of non-ortho nitro benzene ring substituents is 2. The summed E-state index contributed by atoms with van der Waals surface area (Å²) in [6.07, 6.45) is 0. The number of benzene rings is 6. The minimum absolute atomic E-state index is 0. The van der Waals surface area contributed by atoms with Crippen LogP contribution in [0.25, 0.3) is 22.3 Å². The van der Waals surface area contributed by atoms with Crippen molar-refractivity contribution in [3.63, 3.8) is 0 Å². The van der Waals surface area contributed by atoms with Crippen LogP contribution in [-0.2, 0) is 20.0 Å². The van der Waals surface area contributed by atoms with Gasteiger partial charge in [-0.15, -0.1) is 0 Å². The number of carbonyl (C=O) groups is 1. The number of sulfonamides is 2. The van der Waals surface area contributed by atoms with E-state index in [1.54, 1.807) is 83.5 Å². The Morgan fingerprint density at radius 1 is 0.578 bits per heavy atom. The molecule has 0 aliphatic rings. The maximum atomic E-state index is 13.0. The number of nitro groups is 2. The molecule has 6 aromatic carbocycles. The van der Waals surface area contributed by atoms with Gasteiger partial charge in [0.15, 0.2) is 0 Å². The summed E-state index contributed by atoms with van der Waals surface area (Å²) in [6, 6.07) is 34.0. The van der Waals surface area contributed by atoms with Crippen molar-refractivity contribution in [3.8, 4) is 56.8 Å². The first kappa shape index (κ1) is 49.1. The lowest BCUT2D eigenvalue weighted by atomic mass is 10.1. The third-order valence-electron chi connectivity index (χ3n) is 8.56. The first-order valence-electron chi connectivity index (χ1n) is 18.4. The number of nitro benzene ring substituents is 2. The zero-order chi connectivity index (χ0) is 46.1. The number of amides is 2. The molecule has 0 heterocycles. The topological polar surface area (TPSA) is 259 Å². The highest BCUT2D eigenvalue weighted by atomic mass is 32.2. The molecule has 0 spiro atoms. The highest BCUT2D eigenvalue weighted by Crippen LogP contribution is 2.36. The Balaban J connectivity index is 0.000000283. The lowest BCUT2D eigenvalue weighted by Gasteiger charge is -2.21. The zero-order valence-corrected chi connectivity index (χ0v) is 35.9. The molecule has 20 heteroatoms. The Morgan fingerprint density at radius 3 is 1.36 bits per heavy atom. The number of hydrogen-bond acceptors (Lipinski definition) is 13. The van der Waals surface area contributed by atoms with Crippen molar-refractivity contribution in [2.75, 3.05) is 14.2 Å².